The maximum absolute atomic E-state index is 12.2. The molecule has 116 valence electrons. The Balaban J connectivity index is 1.54. The minimum atomic E-state index is -0.135. The molecule has 0 unspecified atom stereocenters. The third-order valence-corrected chi connectivity index (χ3v) is 3.75. The average molecular weight is 303 g/mol. The van der Waals surface area contributed by atoms with Crippen molar-refractivity contribution >= 4 is 11.8 Å². The van der Waals surface area contributed by atoms with Crippen LogP contribution in [0.25, 0.3) is 0 Å². The van der Waals surface area contributed by atoms with Gasteiger partial charge in [-0.05, 0) is 19.1 Å². The Morgan fingerprint density at radius 2 is 1.95 bits per heavy atom. The second kappa shape index (κ2) is 6.00. The van der Waals surface area contributed by atoms with E-state index in [1.807, 2.05) is 6.92 Å². The van der Waals surface area contributed by atoms with Gasteiger partial charge in [-0.2, -0.15) is 0 Å². The third-order valence-electron chi connectivity index (χ3n) is 3.75. The van der Waals surface area contributed by atoms with Crippen LogP contribution in [0.15, 0.2) is 29.0 Å². The van der Waals surface area contributed by atoms with E-state index in [1.54, 1.807) is 32.8 Å². The van der Waals surface area contributed by atoms with Crippen LogP contribution < -0.4 is 0 Å². The van der Waals surface area contributed by atoms with Crippen LogP contribution in [0, 0.1) is 6.92 Å². The molecule has 1 aliphatic rings. The number of carbonyl (C=O) groups is 2. The molecular weight excluding hydrogens is 286 g/mol. The van der Waals surface area contributed by atoms with Crippen molar-refractivity contribution in [3.05, 3.63) is 36.0 Å². The molecule has 0 aromatic carbocycles. The molecule has 1 saturated heterocycles. The molecule has 2 amide bonds. The fourth-order valence-corrected chi connectivity index (χ4v) is 2.41. The van der Waals surface area contributed by atoms with Gasteiger partial charge in [-0.15, -0.1) is 5.10 Å². The SMILES string of the molecule is Cc1cnnn1CC(=O)N1CCN(C(=O)c2ccco2)CC1. The number of rotatable bonds is 3. The number of carbonyl (C=O) groups excluding carboxylic acids is 2. The van der Waals surface area contributed by atoms with Crippen LogP contribution in [0.3, 0.4) is 0 Å². The zero-order valence-corrected chi connectivity index (χ0v) is 12.3. The minimum absolute atomic E-state index is 0.0151. The summed E-state index contributed by atoms with van der Waals surface area (Å²) in [6, 6.07) is 3.33. The first-order chi connectivity index (χ1) is 10.6. The molecule has 0 aliphatic carbocycles. The molecule has 0 N–H and O–H groups in total. The summed E-state index contributed by atoms with van der Waals surface area (Å²) in [5.41, 5.74) is 0.847. The van der Waals surface area contributed by atoms with Crippen molar-refractivity contribution in [2.75, 3.05) is 26.2 Å². The molecule has 1 aliphatic heterocycles. The van der Waals surface area contributed by atoms with Crippen LogP contribution in [0.1, 0.15) is 16.2 Å². The van der Waals surface area contributed by atoms with Gasteiger partial charge in [-0.1, -0.05) is 5.21 Å². The lowest BCUT2D eigenvalue weighted by molar-refractivity contribution is -0.133. The second-order valence-electron chi connectivity index (χ2n) is 5.18. The van der Waals surface area contributed by atoms with E-state index in [9.17, 15) is 9.59 Å². The molecule has 1 fully saturated rings. The minimum Gasteiger partial charge on any atom is -0.459 e. The maximum Gasteiger partial charge on any atom is 0.289 e. The van der Waals surface area contributed by atoms with Crippen LogP contribution in [-0.2, 0) is 11.3 Å². The molecule has 0 spiro atoms. The highest BCUT2D eigenvalue weighted by Crippen LogP contribution is 2.10. The van der Waals surface area contributed by atoms with E-state index in [4.69, 9.17) is 4.42 Å². The number of aryl methyl sites for hydroxylation is 1. The Bertz CT molecular complexity index is 656. The van der Waals surface area contributed by atoms with Gasteiger partial charge in [0.2, 0.25) is 5.91 Å². The fraction of sp³-hybridized carbons (Fsp3) is 0.429. The van der Waals surface area contributed by atoms with Crippen molar-refractivity contribution in [1.29, 1.82) is 0 Å². The summed E-state index contributed by atoms with van der Waals surface area (Å²) in [5, 5.41) is 7.63. The summed E-state index contributed by atoms with van der Waals surface area (Å²) in [6.45, 7) is 4.06. The highest BCUT2D eigenvalue weighted by Gasteiger charge is 2.26. The Hall–Kier alpha value is -2.64. The number of hydrogen-bond donors (Lipinski definition) is 0. The largest absolute Gasteiger partial charge is 0.459 e. The Morgan fingerprint density at radius 1 is 1.23 bits per heavy atom. The van der Waals surface area contributed by atoms with Crippen LogP contribution in [0.4, 0.5) is 0 Å². The first kappa shape index (κ1) is 14.3. The van der Waals surface area contributed by atoms with E-state index in [2.05, 4.69) is 10.3 Å². The summed E-state index contributed by atoms with van der Waals surface area (Å²) < 4.78 is 6.69. The Labute approximate surface area is 127 Å². The van der Waals surface area contributed by atoms with E-state index in [0.29, 0.717) is 31.9 Å². The van der Waals surface area contributed by atoms with Gasteiger partial charge in [0.1, 0.15) is 6.54 Å². The van der Waals surface area contributed by atoms with Gasteiger partial charge >= 0.3 is 0 Å². The Morgan fingerprint density at radius 3 is 2.55 bits per heavy atom. The highest BCUT2D eigenvalue weighted by molar-refractivity contribution is 5.91. The predicted octanol–water partition coefficient (Wildman–Crippen LogP) is 0.164. The van der Waals surface area contributed by atoms with Crippen molar-refractivity contribution in [1.82, 2.24) is 24.8 Å². The van der Waals surface area contributed by atoms with Gasteiger partial charge in [0, 0.05) is 26.2 Å². The topological polar surface area (TPSA) is 84.5 Å². The molecule has 8 nitrogen and oxygen atoms in total. The normalized spacial score (nSPS) is 15.1. The summed E-state index contributed by atoms with van der Waals surface area (Å²) in [6.07, 6.45) is 3.10. The van der Waals surface area contributed by atoms with E-state index in [0.717, 1.165) is 5.69 Å². The summed E-state index contributed by atoms with van der Waals surface area (Å²) in [5.74, 6) is 0.181. The molecule has 2 aromatic heterocycles. The molecule has 0 bridgehead atoms. The Kier molecular flexibility index (Phi) is 3.90. The molecule has 3 rings (SSSR count). The zero-order valence-electron chi connectivity index (χ0n) is 12.3. The monoisotopic (exact) mass is 303 g/mol. The smallest absolute Gasteiger partial charge is 0.289 e. The van der Waals surface area contributed by atoms with Crippen molar-refractivity contribution in [2.45, 2.75) is 13.5 Å². The van der Waals surface area contributed by atoms with E-state index in [1.165, 1.54) is 6.26 Å². The van der Waals surface area contributed by atoms with Gasteiger partial charge in [-0.25, -0.2) is 4.68 Å². The molecular formula is C14H17N5O3. The van der Waals surface area contributed by atoms with Gasteiger partial charge in [0.25, 0.3) is 5.91 Å². The highest BCUT2D eigenvalue weighted by atomic mass is 16.3. The average Bonchev–Trinajstić information content (AvgIpc) is 3.19. The molecule has 0 atom stereocenters. The number of nitrogens with zero attached hydrogens (tertiary/aromatic N) is 5. The quantitative estimate of drug-likeness (QED) is 0.806. The van der Waals surface area contributed by atoms with Gasteiger partial charge < -0.3 is 14.2 Å². The maximum atomic E-state index is 12.2. The van der Waals surface area contributed by atoms with E-state index in [-0.39, 0.29) is 18.4 Å². The first-order valence-electron chi connectivity index (χ1n) is 7.11. The van der Waals surface area contributed by atoms with Crippen LogP contribution in [0.5, 0.6) is 0 Å². The van der Waals surface area contributed by atoms with Gasteiger partial charge in [-0.3, -0.25) is 9.59 Å². The van der Waals surface area contributed by atoms with Gasteiger partial charge in [0.15, 0.2) is 5.76 Å². The van der Waals surface area contributed by atoms with Crippen LogP contribution >= 0.6 is 0 Å². The first-order valence-corrected chi connectivity index (χ1v) is 7.11. The zero-order chi connectivity index (χ0) is 15.5. The van der Waals surface area contributed by atoms with Crippen molar-refractivity contribution in [2.24, 2.45) is 0 Å². The van der Waals surface area contributed by atoms with E-state index >= 15 is 0 Å². The molecule has 8 heteroatoms. The lowest BCUT2D eigenvalue weighted by Crippen LogP contribution is -2.51. The van der Waals surface area contributed by atoms with Crippen LogP contribution in [-0.4, -0.2) is 62.8 Å². The molecule has 0 radical (unpaired) electrons. The molecule has 22 heavy (non-hydrogen) atoms. The molecule has 3 heterocycles. The predicted molar refractivity (Wildman–Crippen MR) is 76.0 cm³/mol. The van der Waals surface area contributed by atoms with Crippen LogP contribution in [0.2, 0.25) is 0 Å². The standard InChI is InChI=1S/C14H17N5O3/c1-11-9-15-16-19(11)10-13(20)17-4-6-18(7-5-17)14(21)12-3-2-8-22-12/h2-3,8-9H,4-7,10H2,1H3. The van der Waals surface area contributed by atoms with Gasteiger partial charge in [0.05, 0.1) is 18.2 Å². The number of amides is 2. The van der Waals surface area contributed by atoms with E-state index < -0.39 is 0 Å². The second-order valence-corrected chi connectivity index (χ2v) is 5.18. The third kappa shape index (κ3) is 2.85. The summed E-state index contributed by atoms with van der Waals surface area (Å²) in [4.78, 5) is 27.8. The van der Waals surface area contributed by atoms with Crippen molar-refractivity contribution in [3.63, 3.8) is 0 Å². The fourth-order valence-electron chi connectivity index (χ4n) is 2.41. The number of aromatic nitrogens is 3. The molecule has 2 aromatic rings. The summed E-state index contributed by atoms with van der Waals surface area (Å²) >= 11 is 0. The van der Waals surface area contributed by atoms with Crippen molar-refractivity contribution < 1.29 is 14.0 Å². The number of piperazine rings is 1. The lowest BCUT2D eigenvalue weighted by Gasteiger charge is -2.34. The number of furan rings is 1. The lowest BCUT2D eigenvalue weighted by atomic mass is 10.2. The summed E-state index contributed by atoms with van der Waals surface area (Å²) in [7, 11) is 0. The number of hydrogen-bond acceptors (Lipinski definition) is 5. The molecule has 0 saturated carbocycles. The van der Waals surface area contributed by atoms with Crippen molar-refractivity contribution in [3.8, 4) is 0 Å².